The minimum absolute atomic E-state index is 0.416. The zero-order valence-electron chi connectivity index (χ0n) is 9.91. The Balaban J connectivity index is 2.68. The summed E-state index contributed by atoms with van der Waals surface area (Å²) < 4.78 is 0. The van der Waals surface area contributed by atoms with Gasteiger partial charge < -0.3 is 5.11 Å². The first-order valence-corrected chi connectivity index (χ1v) is 5.46. The highest BCUT2D eigenvalue weighted by molar-refractivity contribution is 5.71. The highest BCUT2D eigenvalue weighted by Gasteiger charge is 2.10. The first-order valence-electron chi connectivity index (χ1n) is 5.46. The molecule has 0 heterocycles. The molecule has 0 aromatic heterocycles. The smallest absolute Gasteiger partial charge is 0.122 e. The Morgan fingerprint density at radius 1 is 0.875 bits per heavy atom. The first-order chi connectivity index (χ1) is 7.61. The molecule has 1 N–H and O–H groups in total. The third-order valence-electron chi connectivity index (χ3n) is 3.15. The Hall–Kier alpha value is -1.76. The summed E-state index contributed by atoms with van der Waals surface area (Å²) >= 11 is 0. The van der Waals surface area contributed by atoms with Gasteiger partial charge in [-0.2, -0.15) is 0 Å². The lowest BCUT2D eigenvalue weighted by Gasteiger charge is -2.12. The summed E-state index contributed by atoms with van der Waals surface area (Å²) in [6.07, 6.45) is 0. The Morgan fingerprint density at radius 3 is 2.12 bits per heavy atom. The van der Waals surface area contributed by atoms with Crippen molar-refractivity contribution < 1.29 is 5.11 Å². The maximum atomic E-state index is 10.0. The Bertz CT molecular complexity index is 513. The van der Waals surface area contributed by atoms with Crippen LogP contribution < -0.4 is 0 Å². The van der Waals surface area contributed by atoms with E-state index in [-0.39, 0.29) is 0 Å². The van der Waals surface area contributed by atoms with Crippen LogP contribution in [0.25, 0.3) is 11.1 Å². The fourth-order valence-electron chi connectivity index (χ4n) is 1.95. The van der Waals surface area contributed by atoms with Gasteiger partial charge in [-0.3, -0.25) is 0 Å². The van der Waals surface area contributed by atoms with Crippen molar-refractivity contribution in [3.8, 4) is 16.9 Å². The summed E-state index contributed by atoms with van der Waals surface area (Å²) in [6.45, 7) is 5.94. The molecular weight excluding hydrogens is 196 g/mol. The normalized spacial score (nSPS) is 10.4. The highest BCUT2D eigenvalue weighted by Crippen LogP contribution is 2.33. The van der Waals surface area contributed by atoms with E-state index >= 15 is 0 Å². The van der Waals surface area contributed by atoms with E-state index in [9.17, 15) is 5.11 Å². The molecular formula is C15H16O. The Kier molecular flexibility index (Phi) is 2.69. The molecule has 0 aliphatic rings. The SMILES string of the molecule is Cc1cc(-c2ccccc2)c(C)c(O)c1C. The van der Waals surface area contributed by atoms with Crippen molar-refractivity contribution in [2.75, 3.05) is 0 Å². The van der Waals surface area contributed by atoms with Crippen molar-refractivity contribution in [1.29, 1.82) is 0 Å². The molecule has 0 radical (unpaired) electrons. The van der Waals surface area contributed by atoms with Gasteiger partial charge >= 0.3 is 0 Å². The number of aromatic hydroxyl groups is 1. The van der Waals surface area contributed by atoms with Crippen molar-refractivity contribution in [2.45, 2.75) is 20.8 Å². The van der Waals surface area contributed by atoms with Crippen LogP contribution in [0.15, 0.2) is 36.4 Å². The van der Waals surface area contributed by atoms with Gasteiger partial charge in [-0.05, 0) is 48.6 Å². The monoisotopic (exact) mass is 212 g/mol. The molecule has 16 heavy (non-hydrogen) atoms. The molecule has 0 spiro atoms. The molecule has 0 saturated carbocycles. The molecule has 0 aliphatic carbocycles. The van der Waals surface area contributed by atoms with Crippen molar-refractivity contribution in [2.24, 2.45) is 0 Å². The molecule has 0 amide bonds. The van der Waals surface area contributed by atoms with Gasteiger partial charge in [0, 0.05) is 0 Å². The maximum absolute atomic E-state index is 10.0. The third-order valence-corrected chi connectivity index (χ3v) is 3.15. The third kappa shape index (κ3) is 1.69. The topological polar surface area (TPSA) is 20.2 Å². The number of aryl methyl sites for hydroxylation is 1. The van der Waals surface area contributed by atoms with E-state index in [0.717, 1.165) is 27.8 Å². The average molecular weight is 212 g/mol. The Labute approximate surface area is 96.4 Å². The molecule has 2 rings (SSSR count). The summed E-state index contributed by atoms with van der Waals surface area (Å²) in [5.41, 5.74) is 5.31. The summed E-state index contributed by atoms with van der Waals surface area (Å²) in [5.74, 6) is 0.416. The van der Waals surface area contributed by atoms with Crippen LogP contribution in [0.4, 0.5) is 0 Å². The summed E-state index contributed by atoms with van der Waals surface area (Å²) in [6, 6.07) is 12.3. The van der Waals surface area contributed by atoms with Crippen LogP contribution in [0.3, 0.4) is 0 Å². The minimum atomic E-state index is 0.416. The second kappa shape index (κ2) is 4.01. The first kappa shape index (κ1) is 10.7. The van der Waals surface area contributed by atoms with Crippen LogP contribution >= 0.6 is 0 Å². The average Bonchev–Trinajstić information content (AvgIpc) is 2.32. The molecule has 0 fully saturated rings. The maximum Gasteiger partial charge on any atom is 0.122 e. The van der Waals surface area contributed by atoms with Crippen molar-refractivity contribution in [3.63, 3.8) is 0 Å². The number of rotatable bonds is 1. The molecule has 0 aliphatic heterocycles. The number of phenols is 1. The lowest BCUT2D eigenvalue weighted by atomic mass is 9.94. The molecule has 0 saturated heterocycles. The van der Waals surface area contributed by atoms with Gasteiger partial charge in [0.2, 0.25) is 0 Å². The van der Waals surface area contributed by atoms with Gasteiger partial charge in [-0.1, -0.05) is 36.4 Å². The molecule has 2 aromatic carbocycles. The van der Waals surface area contributed by atoms with E-state index in [4.69, 9.17) is 0 Å². The van der Waals surface area contributed by atoms with Gasteiger partial charge in [-0.15, -0.1) is 0 Å². The van der Waals surface area contributed by atoms with E-state index < -0.39 is 0 Å². The zero-order chi connectivity index (χ0) is 11.7. The van der Waals surface area contributed by atoms with Crippen molar-refractivity contribution >= 4 is 0 Å². The molecule has 1 heteroatoms. The summed E-state index contributed by atoms with van der Waals surface area (Å²) in [7, 11) is 0. The fraction of sp³-hybridized carbons (Fsp3) is 0.200. The number of benzene rings is 2. The fourth-order valence-corrected chi connectivity index (χ4v) is 1.95. The summed E-state index contributed by atoms with van der Waals surface area (Å²) in [4.78, 5) is 0. The van der Waals surface area contributed by atoms with Gasteiger partial charge in [0.05, 0.1) is 0 Å². The predicted molar refractivity (Wildman–Crippen MR) is 67.8 cm³/mol. The highest BCUT2D eigenvalue weighted by atomic mass is 16.3. The lowest BCUT2D eigenvalue weighted by Crippen LogP contribution is -1.90. The lowest BCUT2D eigenvalue weighted by molar-refractivity contribution is 0.466. The van der Waals surface area contributed by atoms with Crippen LogP contribution in [0.2, 0.25) is 0 Å². The van der Waals surface area contributed by atoms with Gasteiger partial charge in [0.1, 0.15) is 5.75 Å². The van der Waals surface area contributed by atoms with Crippen molar-refractivity contribution in [1.82, 2.24) is 0 Å². The van der Waals surface area contributed by atoms with E-state index in [0.29, 0.717) is 5.75 Å². The van der Waals surface area contributed by atoms with Crippen LogP contribution in [-0.4, -0.2) is 5.11 Å². The second-order valence-electron chi connectivity index (χ2n) is 4.21. The van der Waals surface area contributed by atoms with E-state index in [1.54, 1.807) is 0 Å². The minimum Gasteiger partial charge on any atom is -0.507 e. The predicted octanol–water partition coefficient (Wildman–Crippen LogP) is 3.98. The Morgan fingerprint density at radius 2 is 1.50 bits per heavy atom. The molecule has 0 unspecified atom stereocenters. The van der Waals surface area contributed by atoms with E-state index in [2.05, 4.69) is 18.2 Å². The van der Waals surface area contributed by atoms with Crippen LogP contribution in [0, 0.1) is 20.8 Å². The van der Waals surface area contributed by atoms with Crippen molar-refractivity contribution in [3.05, 3.63) is 53.1 Å². The molecule has 2 aromatic rings. The van der Waals surface area contributed by atoms with Gasteiger partial charge in [0.25, 0.3) is 0 Å². The van der Waals surface area contributed by atoms with Gasteiger partial charge in [0.15, 0.2) is 0 Å². The summed E-state index contributed by atoms with van der Waals surface area (Å²) in [5, 5.41) is 10.0. The van der Waals surface area contributed by atoms with Crippen LogP contribution in [-0.2, 0) is 0 Å². The number of hydrogen-bond acceptors (Lipinski definition) is 1. The van der Waals surface area contributed by atoms with Gasteiger partial charge in [-0.25, -0.2) is 0 Å². The van der Waals surface area contributed by atoms with E-state index in [1.165, 1.54) is 0 Å². The standard InChI is InChI=1S/C15H16O/c1-10-9-14(12(3)15(16)11(10)2)13-7-5-4-6-8-13/h4-9,16H,1-3H3. The van der Waals surface area contributed by atoms with Crippen LogP contribution in [0.5, 0.6) is 5.75 Å². The number of phenolic OH excluding ortho intramolecular Hbond substituents is 1. The largest absolute Gasteiger partial charge is 0.507 e. The molecule has 1 nitrogen and oxygen atoms in total. The molecule has 82 valence electrons. The molecule has 0 bridgehead atoms. The molecule has 0 atom stereocenters. The second-order valence-corrected chi connectivity index (χ2v) is 4.21. The zero-order valence-corrected chi connectivity index (χ0v) is 9.91. The van der Waals surface area contributed by atoms with Crippen LogP contribution in [0.1, 0.15) is 16.7 Å². The quantitative estimate of drug-likeness (QED) is 0.758. The number of hydrogen-bond donors (Lipinski definition) is 1. The van der Waals surface area contributed by atoms with E-state index in [1.807, 2.05) is 39.0 Å².